The van der Waals surface area contributed by atoms with Crippen LogP contribution in [0.3, 0.4) is 0 Å². The summed E-state index contributed by atoms with van der Waals surface area (Å²) in [5, 5.41) is 7.35. The van der Waals surface area contributed by atoms with Crippen LogP contribution in [-0.4, -0.2) is 16.7 Å². The standard InChI is InChI=1S/C10H13N3/c1-11-7-6-10-8-4-2-3-5-9(8)12-13-10/h2-7H2,(H,12,13). The molecule has 1 aliphatic rings. The zero-order chi connectivity index (χ0) is 9.10. The Morgan fingerprint density at radius 2 is 2.23 bits per heavy atom. The number of rotatable bonds is 2. The first-order valence-corrected chi connectivity index (χ1v) is 4.80. The Morgan fingerprint density at radius 1 is 1.38 bits per heavy atom. The van der Waals surface area contributed by atoms with Crippen molar-refractivity contribution in [3.05, 3.63) is 28.4 Å². The van der Waals surface area contributed by atoms with Crippen LogP contribution in [0.4, 0.5) is 0 Å². The van der Waals surface area contributed by atoms with Crippen LogP contribution >= 0.6 is 0 Å². The van der Waals surface area contributed by atoms with Gasteiger partial charge in [0.05, 0.1) is 12.1 Å². The van der Waals surface area contributed by atoms with Gasteiger partial charge in [0.25, 0.3) is 0 Å². The molecule has 0 radical (unpaired) electrons. The van der Waals surface area contributed by atoms with Crippen LogP contribution in [0.2, 0.25) is 0 Å². The van der Waals surface area contributed by atoms with Gasteiger partial charge in [-0.05, 0) is 31.2 Å². The van der Waals surface area contributed by atoms with Gasteiger partial charge in [0.15, 0.2) is 0 Å². The van der Waals surface area contributed by atoms with E-state index in [-0.39, 0.29) is 0 Å². The van der Waals surface area contributed by atoms with Crippen LogP contribution in [0.15, 0.2) is 0 Å². The van der Waals surface area contributed by atoms with E-state index in [0.717, 1.165) is 25.0 Å². The summed E-state index contributed by atoms with van der Waals surface area (Å²) in [6.45, 7) is 7.30. The second kappa shape index (κ2) is 3.61. The van der Waals surface area contributed by atoms with E-state index in [4.69, 9.17) is 6.57 Å². The SMILES string of the molecule is [C-]#[N+]CCc1n[nH]c2c1CCCC2. The molecule has 3 heteroatoms. The van der Waals surface area contributed by atoms with E-state index in [1.54, 1.807) is 0 Å². The van der Waals surface area contributed by atoms with Gasteiger partial charge in [0.1, 0.15) is 0 Å². The van der Waals surface area contributed by atoms with Gasteiger partial charge >= 0.3 is 0 Å². The van der Waals surface area contributed by atoms with Crippen molar-refractivity contribution in [2.75, 3.05) is 6.54 Å². The minimum absolute atomic E-state index is 0.567. The molecule has 1 heterocycles. The van der Waals surface area contributed by atoms with Gasteiger partial charge in [0.2, 0.25) is 6.54 Å². The predicted molar refractivity (Wildman–Crippen MR) is 50.4 cm³/mol. The molecular formula is C10H13N3. The second-order valence-electron chi connectivity index (χ2n) is 3.47. The largest absolute Gasteiger partial charge is 0.317 e. The Kier molecular flexibility index (Phi) is 2.31. The highest BCUT2D eigenvalue weighted by Gasteiger charge is 2.16. The molecule has 0 saturated carbocycles. The lowest BCUT2D eigenvalue weighted by Crippen LogP contribution is -2.03. The van der Waals surface area contributed by atoms with Crippen molar-refractivity contribution in [1.82, 2.24) is 10.2 Å². The molecule has 1 N–H and O–H groups in total. The zero-order valence-electron chi connectivity index (χ0n) is 7.64. The van der Waals surface area contributed by atoms with E-state index in [0.29, 0.717) is 6.54 Å². The third-order valence-corrected chi connectivity index (χ3v) is 2.60. The summed E-state index contributed by atoms with van der Waals surface area (Å²) in [6.07, 6.45) is 5.66. The first-order chi connectivity index (χ1) is 6.42. The van der Waals surface area contributed by atoms with Crippen molar-refractivity contribution in [2.45, 2.75) is 32.1 Å². The normalized spacial score (nSPS) is 15.0. The summed E-state index contributed by atoms with van der Waals surface area (Å²) in [4.78, 5) is 3.36. The minimum Gasteiger partial charge on any atom is -0.317 e. The second-order valence-corrected chi connectivity index (χ2v) is 3.47. The monoisotopic (exact) mass is 175 g/mol. The molecule has 0 unspecified atom stereocenters. The van der Waals surface area contributed by atoms with Crippen molar-refractivity contribution < 1.29 is 0 Å². The van der Waals surface area contributed by atoms with E-state index in [9.17, 15) is 0 Å². The van der Waals surface area contributed by atoms with Crippen LogP contribution in [-0.2, 0) is 19.3 Å². The van der Waals surface area contributed by atoms with E-state index >= 15 is 0 Å². The van der Waals surface area contributed by atoms with Crippen LogP contribution in [0.5, 0.6) is 0 Å². The van der Waals surface area contributed by atoms with Crippen molar-refractivity contribution >= 4 is 0 Å². The average molecular weight is 175 g/mol. The maximum Gasteiger partial charge on any atom is 0.220 e. The minimum atomic E-state index is 0.567. The fourth-order valence-electron chi connectivity index (χ4n) is 1.92. The molecule has 0 bridgehead atoms. The molecule has 0 amide bonds. The molecule has 0 fully saturated rings. The quantitative estimate of drug-likeness (QED) is 0.682. The lowest BCUT2D eigenvalue weighted by atomic mass is 9.95. The number of fused-ring (bicyclic) bond motifs is 1. The molecule has 3 nitrogen and oxygen atoms in total. The fourth-order valence-corrected chi connectivity index (χ4v) is 1.92. The summed E-state index contributed by atoms with van der Waals surface area (Å²) in [5.41, 5.74) is 3.84. The molecule has 0 aromatic carbocycles. The summed E-state index contributed by atoms with van der Waals surface area (Å²) in [7, 11) is 0. The van der Waals surface area contributed by atoms with E-state index < -0.39 is 0 Å². The molecule has 0 spiro atoms. The number of nitrogens with one attached hydrogen (secondary N) is 1. The Labute approximate surface area is 78.0 Å². The highest BCUT2D eigenvalue weighted by Crippen LogP contribution is 2.22. The third kappa shape index (κ3) is 1.57. The lowest BCUT2D eigenvalue weighted by Gasteiger charge is -2.09. The lowest BCUT2D eigenvalue weighted by molar-refractivity contribution is 0.672. The molecule has 1 aliphatic carbocycles. The molecule has 13 heavy (non-hydrogen) atoms. The average Bonchev–Trinajstić information content (AvgIpc) is 2.58. The highest BCUT2D eigenvalue weighted by molar-refractivity contribution is 5.27. The molecule has 0 saturated heterocycles. The van der Waals surface area contributed by atoms with Crippen LogP contribution in [0, 0.1) is 6.57 Å². The van der Waals surface area contributed by atoms with E-state index in [1.165, 1.54) is 24.1 Å². The number of hydrogen-bond donors (Lipinski definition) is 1. The van der Waals surface area contributed by atoms with Crippen LogP contribution < -0.4 is 0 Å². The van der Waals surface area contributed by atoms with Crippen LogP contribution in [0.1, 0.15) is 29.8 Å². The molecule has 1 aromatic heterocycles. The molecule has 0 aliphatic heterocycles. The fraction of sp³-hybridized carbons (Fsp3) is 0.600. The Balaban J connectivity index is 2.18. The summed E-state index contributed by atoms with van der Waals surface area (Å²) >= 11 is 0. The zero-order valence-corrected chi connectivity index (χ0v) is 7.64. The number of hydrogen-bond acceptors (Lipinski definition) is 1. The molecular weight excluding hydrogens is 162 g/mol. The Hall–Kier alpha value is -1.30. The number of aromatic nitrogens is 2. The van der Waals surface area contributed by atoms with Crippen molar-refractivity contribution in [1.29, 1.82) is 0 Å². The molecule has 0 atom stereocenters. The van der Waals surface area contributed by atoms with Gasteiger partial charge in [-0.1, -0.05) is 0 Å². The first kappa shape index (κ1) is 8.31. The highest BCUT2D eigenvalue weighted by atomic mass is 15.1. The summed E-state index contributed by atoms with van der Waals surface area (Å²) in [6, 6.07) is 0. The van der Waals surface area contributed by atoms with Crippen LogP contribution in [0.25, 0.3) is 4.85 Å². The smallest absolute Gasteiger partial charge is 0.220 e. The number of nitrogens with zero attached hydrogens (tertiary/aromatic N) is 2. The number of aromatic amines is 1. The third-order valence-electron chi connectivity index (χ3n) is 2.60. The summed E-state index contributed by atoms with van der Waals surface area (Å²) < 4.78 is 0. The van der Waals surface area contributed by atoms with Gasteiger partial charge < -0.3 is 4.85 Å². The maximum absolute atomic E-state index is 6.73. The van der Waals surface area contributed by atoms with E-state index in [1.807, 2.05) is 0 Å². The van der Waals surface area contributed by atoms with Crippen molar-refractivity contribution in [3.8, 4) is 0 Å². The van der Waals surface area contributed by atoms with Gasteiger partial charge in [-0.15, -0.1) is 0 Å². The molecule has 1 aromatic rings. The molecule has 68 valence electrons. The number of H-pyrrole nitrogens is 1. The van der Waals surface area contributed by atoms with Gasteiger partial charge in [-0.2, -0.15) is 5.10 Å². The van der Waals surface area contributed by atoms with Crippen molar-refractivity contribution in [2.24, 2.45) is 0 Å². The molecule has 2 rings (SSSR count). The van der Waals surface area contributed by atoms with Crippen molar-refractivity contribution in [3.63, 3.8) is 0 Å². The van der Waals surface area contributed by atoms with Gasteiger partial charge in [-0.25, -0.2) is 6.57 Å². The number of aryl methyl sites for hydroxylation is 1. The Bertz CT molecular complexity index is 332. The van der Waals surface area contributed by atoms with E-state index in [2.05, 4.69) is 15.0 Å². The summed E-state index contributed by atoms with van der Waals surface area (Å²) in [5.74, 6) is 0. The first-order valence-electron chi connectivity index (χ1n) is 4.80. The Morgan fingerprint density at radius 3 is 3.08 bits per heavy atom. The maximum atomic E-state index is 6.73. The van der Waals surface area contributed by atoms with Gasteiger partial charge in [0, 0.05) is 5.69 Å². The van der Waals surface area contributed by atoms with Gasteiger partial charge in [-0.3, -0.25) is 5.10 Å². The predicted octanol–water partition coefficient (Wildman–Crippen LogP) is 1.75. The topological polar surface area (TPSA) is 33.0 Å².